The van der Waals surface area contributed by atoms with Gasteiger partial charge in [0.15, 0.2) is 0 Å². The van der Waals surface area contributed by atoms with E-state index in [1.807, 2.05) is 5.43 Å². The second-order valence-corrected chi connectivity index (χ2v) is 5.86. The Kier molecular flexibility index (Phi) is 5.69. The molecule has 1 aliphatic carbocycles. The van der Waals surface area contributed by atoms with Gasteiger partial charge in [0.05, 0.1) is 6.54 Å². The smallest absolute Gasteiger partial charge is 0.327 e. The molecule has 2 rings (SSSR count). The molecule has 0 radical (unpaired) electrons. The van der Waals surface area contributed by atoms with Crippen molar-refractivity contribution >= 4 is 39.6 Å². The quantitative estimate of drug-likeness (QED) is 0.418. The molecular weight excluding hydrogens is 368 g/mol. The fourth-order valence-electron chi connectivity index (χ4n) is 1.57. The molecule has 8 nitrogen and oxygen atoms in total. The monoisotopic (exact) mass is 382 g/mol. The number of halogens is 1. The lowest BCUT2D eigenvalue weighted by atomic mass is 10.2. The molecule has 0 heterocycles. The van der Waals surface area contributed by atoms with Gasteiger partial charge in [0, 0.05) is 16.1 Å². The molecule has 0 aliphatic heterocycles. The number of amides is 4. The standard InChI is InChI=1S/C14H15BrN4O4/c15-9-3-1-8(2-4-9)12(21)16-7-11(20)18-19-14(23)13(22)17-10-5-6-10/h1-4,10H,5-7H2,(H,16,21)(H,17,22)(H,18,20)(H,19,23). The van der Waals surface area contributed by atoms with E-state index in [1.165, 1.54) is 0 Å². The van der Waals surface area contributed by atoms with Crippen LogP contribution in [0.3, 0.4) is 0 Å². The molecule has 23 heavy (non-hydrogen) atoms. The Hall–Kier alpha value is -2.42. The van der Waals surface area contributed by atoms with Crippen molar-refractivity contribution in [3.8, 4) is 0 Å². The van der Waals surface area contributed by atoms with Crippen LogP contribution >= 0.6 is 15.9 Å². The van der Waals surface area contributed by atoms with Gasteiger partial charge in [0.25, 0.3) is 11.8 Å². The highest BCUT2D eigenvalue weighted by Crippen LogP contribution is 2.18. The normalized spacial score (nSPS) is 12.9. The number of hydrogen-bond acceptors (Lipinski definition) is 4. The third-order valence-electron chi connectivity index (χ3n) is 2.95. The van der Waals surface area contributed by atoms with Crippen molar-refractivity contribution in [3.63, 3.8) is 0 Å². The van der Waals surface area contributed by atoms with Gasteiger partial charge in [0.1, 0.15) is 0 Å². The van der Waals surface area contributed by atoms with E-state index in [1.54, 1.807) is 24.3 Å². The fraction of sp³-hybridized carbons (Fsp3) is 0.286. The van der Waals surface area contributed by atoms with Gasteiger partial charge in [-0.1, -0.05) is 15.9 Å². The van der Waals surface area contributed by atoms with Gasteiger partial charge in [-0.25, -0.2) is 0 Å². The molecule has 9 heteroatoms. The van der Waals surface area contributed by atoms with Gasteiger partial charge >= 0.3 is 11.8 Å². The first-order valence-corrected chi connectivity index (χ1v) is 7.68. The Bertz CT molecular complexity index is 628. The minimum Gasteiger partial charge on any atom is -0.345 e. The van der Waals surface area contributed by atoms with Crippen LogP contribution in [0.2, 0.25) is 0 Å². The van der Waals surface area contributed by atoms with Crippen LogP contribution in [-0.2, 0) is 14.4 Å². The first-order valence-electron chi connectivity index (χ1n) is 6.89. The predicted molar refractivity (Wildman–Crippen MR) is 83.9 cm³/mol. The summed E-state index contributed by atoms with van der Waals surface area (Å²) >= 11 is 3.25. The number of carbonyl (C=O) groups is 4. The zero-order chi connectivity index (χ0) is 16.8. The van der Waals surface area contributed by atoms with Crippen LogP contribution in [0, 0.1) is 0 Å². The van der Waals surface area contributed by atoms with Crippen molar-refractivity contribution in [1.29, 1.82) is 0 Å². The van der Waals surface area contributed by atoms with Crippen molar-refractivity contribution in [1.82, 2.24) is 21.5 Å². The van der Waals surface area contributed by atoms with Crippen molar-refractivity contribution in [2.24, 2.45) is 0 Å². The van der Waals surface area contributed by atoms with E-state index in [0.717, 1.165) is 17.3 Å². The summed E-state index contributed by atoms with van der Waals surface area (Å²) in [5.41, 5.74) is 4.43. The molecule has 122 valence electrons. The predicted octanol–water partition coefficient (Wildman–Crippen LogP) is -0.395. The van der Waals surface area contributed by atoms with Crippen molar-refractivity contribution < 1.29 is 19.2 Å². The number of hydrogen-bond donors (Lipinski definition) is 4. The Labute approximate surface area is 140 Å². The Morgan fingerprint density at radius 3 is 2.26 bits per heavy atom. The Balaban J connectivity index is 1.68. The van der Waals surface area contributed by atoms with Crippen molar-refractivity contribution in [2.45, 2.75) is 18.9 Å². The lowest BCUT2D eigenvalue weighted by Crippen LogP contribution is -2.51. The molecule has 4 N–H and O–H groups in total. The number of benzene rings is 1. The minimum absolute atomic E-state index is 0.0501. The zero-order valence-corrected chi connectivity index (χ0v) is 13.6. The maximum absolute atomic E-state index is 11.8. The molecule has 4 amide bonds. The van der Waals surface area contributed by atoms with E-state index in [2.05, 4.69) is 32.0 Å². The van der Waals surface area contributed by atoms with Crippen LogP contribution in [0.1, 0.15) is 23.2 Å². The molecule has 0 atom stereocenters. The Morgan fingerprint density at radius 1 is 1.00 bits per heavy atom. The number of hydrazine groups is 1. The summed E-state index contributed by atoms with van der Waals surface area (Å²) in [7, 11) is 0. The van der Waals surface area contributed by atoms with Gasteiger partial charge in [0.2, 0.25) is 0 Å². The summed E-state index contributed by atoms with van der Waals surface area (Å²) in [5.74, 6) is -2.83. The first-order chi connectivity index (χ1) is 11.0. The van der Waals surface area contributed by atoms with E-state index < -0.39 is 23.6 Å². The SMILES string of the molecule is O=C(CNC(=O)c1ccc(Br)cc1)NNC(=O)C(=O)NC1CC1. The van der Waals surface area contributed by atoms with E-state index in [9.17, 15) is 19.2 Å². The van der Waals surface area contributed by atoms with Gasteiger partial charge in [-0.05, 0) is 37.1 Å². The van der Waals surface area contributed by atoms with Gasteiger partial charge in [-0.2, -0.15) is 0 Å². The van der Waals surface area contributed by atoms with Gasteiger partial charge in [-0.3, -0.25) is 30.0 Å². The maximum atomic E-state index is 11.8. The van der Waals surface area contributed by atoms with Gasteiger partial charge in [-0.15, -0.1) is 0 Å². The third kappa shape index (κ3) is 5.70. The lowest BCUT2D eigenvalue weighted by molar-refractivity contribution is -0.140. The highest BCUT2D eigenvalue weighted by molar-refractivity contribution is 9.10. The van der Waals surface area contributed by atoms with Crippen LogP contribution < -0.4 is 21.5 Å². The average molecular weight is 383 g/mol. The number of nitrogens with one attached hydrogen (secondary N) is 4. The fourth-order valence-corrected chi connectivity index (χ4v) is 1.83. The zero-order valence-electron chi connectivity index (χ0n) is 12.0. The Morgan fingerprint density at radius 2 is 1.65 bits per heavy atom. The molecule has 1 fully saturated rings. The van der Waals surface area contributed by atoms with Crippen molar-refractivity contribution in [3.05, 3.63) is 34.3 Å². The largest absolute Gasteiger partial charge is 0.345 e. The molecule has 1 aliphatic rings. The summed E-state index contributed by atoms with van der Waals surface area (Å²) in [6, 6.07) is 6.65. The summed E-state index contributed by atoms with van der Waals surface area (Å²) in [5, 5.41) is 4.87. The van der Waals surface area contributed by atoms with Gasteiger partial charge < -0.3 is 10.6 Å². The summed E-state index contributed by atoms with van der Waals surface area (Å²) in [6.45, 7) is -0.334. The molecule has 0 spiro atoms. The highest BCUT2D eigenvalue weighted by Gasteiger charge is 2.26. The molecular formula is C14H15BrN4O4. The molecule has 0 aromatic heterocycles. The highest BCUT2D eigenvalue weighted by atomic mass is 79.9. The molecule has 0 unspecified atom stereocenters. The summed E-state index contributed by atoms with van der Waals surface area (Å²) < 4.78 is 0.832. The number of rotatable bonds is 4. The number of carbonyl (C=O) groups excluding carboxylic acids is 4. The van der Waals surface area contributed by atoms with E-state index in [0.29, 0.717) is 5.56 Å². The van der Waals surface area contributed by atoms with E-state index >= 15 is 0 Å². The third-order valence-corrected chi connectivity index (χ3v) is 3.48. The maximum Gasteiger partial charge on any atom is 0.327 e. The van der Waals surface area contributed by atoms with Crippen LogP contribution in [0.5, 0.6) is 0 Å². The molecule has 0 saturated heterocycles. The van der Waals surface area contributed by atoms with Crippen LogP contribution in [0.4, 0.5) is 0 Å². The van der Waals surface area contributed by atoms with E-state index in [4.69, 9.17) is 0 Å². The second kappa shape index (κ2) is 7.73. The molecule has 1 saturated carbocycles. The summed E-state index contributed by atoms with van der Waals surface area (Å²) in [4.78, 5) is 46.0. The van der Waals surface area contributed by atoms with Crippen LogP contribution in [0.25, 0.3) is 0 Å². The summed E-state index contributed by atoms with van der Waals surface area (Å²) in [6.07, 6.45) is 1.71. The molecule has 1 aromatic rings. The molecule has 1 aromatic carbocycles. The van der Waals surface area contributed by atoms with Crippen LogP contribution in [-0.4, -0.2) is 36.2 Å². The first kappa shape index (κ1) is 16.9. The van der Waals surface area contributed by atoms with Crippen LogP contribution in [0.15, 0.2) is 28.7 Å². The lowest BCUT2D eigenvalue weighted by Gasteiger charge is -2.08. The molecule has 0 bridgehead atoms. The van der Waals surface area contributed by atoms with Crippen molar-refractivity contribution in [2.75, 3.05) is 6.54 Å². The minimum atomic E-state index is -0.954. The topological polar surface area (TPSA) is 116 Å². The van der Waals surface area contributed by atoms with E-state index in [-0.39, 0.29) is 12.6 Å². The second-order valence-electron chi connectivity index (χ2n) is 4.94. The average Bonchev–Trinajstić information content (AvgIpc) is 3.34.